The second kappa shape index (κ2) is 11.7. The molecule has 0 heterocycles. The minimum Gasteiger partial charge on any atom is -0.495 e. The molecule has 10 heteroatoms. The van der Waals surface area contributed by atoms with Crippen molar-refractivity contribution in [1.82, 2.24) is 5.32 Å². The third-order valence-electron chi connectivity index (χ3n) is 5.91. The fourth-order valence-electron chi connectivity index (χ4n) is 4.07. The van der Waals surface area contributed by atoms with Crippen molar-refractivity contribution in [3.05, 3.63) is 76.3 Å². The fraction of sp³-hybridized carbons (Fsp3) is 0.296. The van der Waals surface area contributed by atoms with Crippen LogP contribution in [0, 0.1) is 13.8 Å². The number of carbonyl (C=O) groups excluding carboxylic acids is 1. The van der Waals surface area contributed by atoms with E-state index in [0.717, 1.165) is 21.0 Å². The quantitative estimate of drug-likeness (QED) is 0.382. The molecule has 37 heavy (non-hydrogen) atoms. The highest BCUT2D eigenvalue weighted by Gasteiger charge is 2.31. The molecule has 0 radical (unpaired) electrons. The Morgan fingerprint density at radius 1 is 0.919 bits per heavy atom. The van der Waals surface area contributed by atoms with E-state index in [4.69, 9.17) is 25.8 Å². The largest absolute Gasteiger partial charge is 0.495 e. The van der Waals surface area contributed by atoms with Gasteiger partial charge in [0.25, 0.3) is 10.0 Å². The Morgan fingerprint density at radius 3 is 2.19 bits per heavy atom. The maximum Gasteiger partial charge on any atom is 0.265 e. The minimum absolute atomic E-state index is 0.0950. The number of amides is 1. The number of rotatable bonds is 10. The molecule has 0 aliphatic heterocycles. The number of hydrogen-bond acceptors (Lipinski definition) is 6. The number of sulfonamides is 1. The maximum atomic E-state index is 13.9. The number of nitrogens with zero attached hydrogens (tertiary/aromatic N) is 1. The Hall–Kier alpha value is -3.43. The Balaban J connectivity index is 2.03. The average Bonchev–Trinajstić information content (AvgIpc) is 2.86. The highest BCUT2D eigenvalue weighted by atomic mass is 35.5. The van der Waals surface area contributed by atoms with Gasteiger partial charge in [-0.05, 0) is 62.2 Å². The highest BCUT2D eigenvalue weighted by Crippen LogP contribution is 2.37. The standard InChI is InChI=1S/C27H31ClN2O6S/c1-17-7-10-22(18(2)13-17)19(3)29-27(31)16-30(23-14-20(28)8-11-24(23)34-4)37(32,33)21-9-12-25(35-5)26(15-21)36-6/h7-15,19H,16H2,1-6H3,(H,29,31)/t19-/m0/s1. The smallest absolute Gasteiger partial charge is 0.265 e. The molecular weight excluding hydrogens is 516 g/mol. The molecule has 0 aliphatic rings. The summed E-state index contributed by atoms with van der Waals surface area (Å²) in [5.41, 5.74) is 3.20. The summed E-state index contributed by atoms with van der Waals surface area (Å²) in [7, 11) is 0.00636. The zero-order valence-electron chi connectivity index (χ0n) is 21.7. The molecule has 198 valence electrons. The topological polar surface area (TPSA) is 94.2 Å². The summed E-state index contributed by atoms with van der Waals surface area (Å²) in [6, 6.07) is 14.4. The van der Waals surface area contributed by atoms with Gasteiger partial charge in [0.05, 0.1) is 38.0 Å². The van der Waals surface area contributed by atoms with Crippen LogP contribution in [0.4, 0.5) is 5.69 Å². The van der Waals surface area contributed by atoms with Crippen molar-refractivity contribution < 1.29 is 27.4 Å². The van der Waals surface area contributed by atoms with Crippen LogP contribution in [0.2, 0.25) is 5.02 Å². The lowest BCUT2D eigenvalue weighted by atomic mass is 10.0. The van der Waals surface area contributed by atoms with Crippen molar-refractivity contribution in [1.29, 1.82) is 0 Å². The number of aryl methyl sites for hydroxylation is 2. The zero-order valence-corrected chi connectivity index (χ0v) is 23.2. The molecule has 3 aromatic rings. The van der Waals surface area contributed by atoms with Crippen LogP contribution >= 0.6 is 11.6 Å². The van der Waals surface area contributed by atoms with E-state index in [2.05, 4.69) is 5.32 Å². The second-order valence-corrected chi connectivity index (χ2v) is 10.8. The normalized spacial score (nSPS) is 12.0. The van der Waals surface area contributed by atoms with E-state index in [-0.39, 0.29) is 33.1 Å². The van der Waals surface area contributed by atoms with Crippen LogP contribution < -0.4 is 23.8 Å². The molecule has 0 saturated heterocycles. The number of carbonyl (C=O) groups is 1. The monoisotopic (exact) mass is 546 g/mol. The molecular formula is C27H31ClN2O6S. The lowest BCUT2D eigenvalue weighted by Gasteiger charge is -2.27. The molecule has 0 bridgehead atoms. The van der Waals surface area contributed by atoms with Crippen LogP contribution in [0.1, 0.15) is 29.7 Å². The van der Waals surface area contributed by atoms with Gasteiger partial charge in [-0.25, -0.2) is 8.42 Å². The SMILES string of the molecule is COc1ccc(S(=O)(=O)N(CC(=O)N[C@@H](C)c2ccc(C)cc2C)c2cc(Cl)ccc2OC)cc1OC. The number of ether oxygens (including phenoxy) is 3. The van der Waals surface area contributed by atoms with Gasteiger partial charge in [0, 0.05) is 11.1 Å². The molecule has 0 aliphatic carbocycles. The van der Waals surface area contributed by atoms with Gasteiger partial charge < -0.3 is 19.5 Å². The molecule has 1 N–H and O–H groups in total. The number of methoxy groups -OCH3 is 3. The second-order valence-electron chi connectivity index (χ2n) is 8.49. The molecule has 0 fully saturated rings. The van der Waals surface area contributed by atoms with Crippen molar-refractivity contribution in [2.24, 2.45) is 0 Å². The van der Waals surface area contributed by atoms with E-state index in [1.54, 1.807) is 12.1 Å². The summed E-state index contributed by atoms with van der Waals surface area (Å²) < 4.78 is 44.7. The van der Waals surface area contributed by atoms with Gasteiger partial charge in [-0.1, -0.05) is 35.4 Å². The fourth-order valence-corrected chi connectivity index (χ4v) is 5.67. The first-order chi connectivity index (χ1) is 17.5. The van der Waals surface area contributed by atoms with Gasteiger partial charge in [0.1, 0.15) is 12.3 Å². The predicted molar refractivity (Wildman–Crippen MR) is 145 cm³/mol. The Morgan fingerprint density at radius 2 is 1.57 bits per heavy atom. The third-order valence-corrected chi connectivity index (χ3v) is 7.90. The first-order valence-electron chi connectivity index (χ1n) is 11.5. The summed E-state index contributed by atoms with van der Waals surface area (Å²) in [5.74, 6) is 0.338. The predicted octanol–water partition coefficient (Wildman–Crippen LogP) is 5.06. The van der Waals surface area contributed by atoms with Gasteiger partial charge in [-0.15, -0.1) is 0 Å². The lowest BCUT2D eigenvalue weighted by Crippen LogP contribution is -2.41. The number of nitrogens with one attached hydrogen (secondary N) is 1. The van der Waals surface area contributed by atoms with Crippen LogP contribution in [-0.4, -0.2) is 42.2 Å². The number of anilines is 1. The van der Waals surface area contributed by atoms with Crippen molar-refractivity contribution in [2.75, 3.05) is 32.2 Å². The van der Waals surface area contributed by atoms with Crippen LogP contribution in [0.15, 0.2) is 59.5 Å². The van der Waals surface area contributed by atoms with E-state index in [0.29, 0.717) is 5.75 Å². The molecule has 1 amide bonds. The number of benzene rings is 3. The molecule has 0 aromatic heterocycles. The molecule has 8 nitrogen and oxygen atoms in total. The molecule has 3 aromatic carbocycles. The summed E-state index contributed by atoms with van der Waals surface area (Å²) in [5, 5.41) is 3.19. The molecule has 0 spiro atoms. The van der Waals surface area contributed by atoms with Crippen LogP contribution in [0.5, 0.6) is 17.2 Å². The average molecular weight is 547 g/mol. The highest BCUT2D eigenvalue weighted by molar-refractivity contribution is 7.92. The Labute approximate surface area is 223 Å². The van der Waals surface area contributed by atoms with Gasteiger partial charge in [0.2, 0.25) is 5.91 Å². The minimum atomic E-state index is -4.27. The van der Waals surface area contributed by atoms with Gasteiger partial charge >= 0.3 is 0 Å². The van der Waals surface area contributed by atoms with Crippen molar-refractivity contribution >= 4 is 33.2 Å². The zero-order chi connectivity index (χ0) is 27.3. The molecule has 1 atom stereocenters. The van der Waals surface area contributed by atoms with Gasteiger partial charge in [-0.3, -0.25) is 9.10 Å². The first kappa shape index (κ1) is 28.1. The van der Waals surface area contributed by atoms with Crippen LogP contribution in [-0.2, 0) is 14.8 Å². The van der Waals surface area contributed by atoms with Crippen molar-refractivity contribution in [3.8, 4) is 17.2 Å². The third kappa shape index (κ3) is 6.29. The van der Waals surface area contributed by atoms with E-state index >= 15 is 0 Å². The molecule has 0 unspecified atom stereocenters. The Bertz CT molecular complexity index is 1390. The van der Waals surface area contributed by atoms with Crippen molar-refractivity contribution in [2.45, 2.75) is 31.7 Å². The molecule has 3 rings (SSSR count). The van der Waals surface area contributed by atoms with E-state index in [1.165, 1.54) is 45.6 Å². The first-order valence-corrected chi connectivity index (χ1v) is 13.3. The lowest BCUT2D eigenvalue weighted by molar-refractivity contribution is -0.120. The maximum absolute atomic E-state index is 13.9. The van der Waals surface area contributed by atoms with Crippen molar-refractivity contribution in [3.63, 3.8) is 0 Å². The number of halogens is 1. The van der Waals surface area contributed by atoms with Crippen LogP contribution in [0.3, 0.4) is 0 Å². The summed E-state index contributed by atoms with van der Waals surface area (Å²) >= 11 is 6.22. The summed E-state index contributed by atoms with van der Waals surface area (Å²) in [4.78, 5) is 13.1. The van der Waals surface area contributed by atoms with Crippen LogP contribution in [0.25, 0.3) is 0 Å². The summed E-state index contributed by atoms with van der Waals surface area (Å²) in [6.07, 6.45) is 0. The van der Waals surface area contributed by atoms with E-state index in [1.807, 2.05) is 39.0 Å². The Kier molecular flexibility index (Phi) is 8.94. The van der Waals surface area contributed by atoms with E-state index < -0.39 is 22.5 Å². The summed E-state index contributed by atoms with van der Waals surface area (Å²) in [6.45, 7) is 5.30. The van der Waals surface area contributed by atoms with E-state index in [9.17, 15) is 13.2 Å². The van der Waals surface area contributed by atoms with Gasteiger partial charge in [0.15, 0.2) is 11.5 Å². The molecule has 0 saturated carbocycles. The number of hydrogen-bond donors (Lipinski definition) is 1. The van der Waals surface area contributed by atoms with Gasteiger partial charge in [-0.2, -0.15) is 0 Å².